The van der Waals surface area contributed by atoms with Gasteiger partial charge in [-0.1, -0.05) is 6.92 Å². The molecule has 1 unspecified atom stereocenters. The average Bonchev–Trinajstić information content (AvgIpc) is 3.17. The van der Waals surface area contributed by atoms with Gasteiger partial charge in [0.1, 0.15) is 0 Å². The molecule has 7 heteroatoms. The summed E-state index contributed by atoms with van der Waals surface area (Å²) in [5, 5.41) is 16.1. The minimum absolute atomic E-state index is 0.0122. The summed E-state index contributed by atoms with van der Waals surface area (Å²) in [5.41, 5.74) is 2.43. The number of aliphatic hydroxyl groups is 1. The highest BCUT2D eigenvalue weighted by atomic mass is 19.2. The predicted octanol–water partition coefficient (Wildman–Crippen LogP) is 2.00. The molecule has 1 amide bonds. The largest absolute Gasteiger partial charge is 0.396 e. The van der Waals surface area contributed by atoms with Crippen molar-refractivity contribution in [2.24, 2.45) is 5.92 Å². The van der Waals surface area contributed by atoms with Crippen molar-refractivity contribution >= 4 is 5.91 Å². The van der Waals surface area contributed by atoms with Gasteiger partial charge in [-0.2, -0.15) is 5.10 Å². The van der Waals surface area contributed by atoms with Crippen molar-refractivity contribution < 1.29 is 18.7 Å². The number of nitrogens with one attached hydrogen (secondary N) is 1. The molecule has 5 nitrogen and oxygen atoms in total. The number of halogens is 2. The molecule has 2 aromatic rings. The van der Waals surface area contributed by atoms with E-state index in [-0.39, 0.29) is 18.4 Å². The summed E-state index contributed by atoms with van der Waals surface area (Å²) >= 11 is 0. The highest BCUT2D eigenvalue weighted by Gasteiger charge is 2.27. The highest BCUT2D eigenvalue weighted by Crippen LogP contribution is 2.28. The van der Waals surface area contributed by atoms with Crippen LogP contribution in [0.5, 0.6) is 0 Å². The molecule has 2 N–H and O–H groups in total. The van der Waals surface area contributed by atoms with Crippen LogP contribution in [0.15, 0.2) is 18.2 Å². The molecule has 0 aliphatic heterocycles. The first kappa shape index (κ1) is 16.6. The predicted molar refractivity (Wildman–Crippen MR) is 84.1 cm³/mol. The van der Waals surface area contributed by atoms with Crippen LogP contribution in [0.4, 0.5) is 8.78 Å². The van der Waals surface area contributed by atoms with E-state index in [0.29, 0.717) is 17.9 Å². The van der Waals surface area contributed by atoms with Crippen LogP contribution in [0, 0.1) is 17.6 Å². The number of carbonyl (C=O) groups is 1. The molecule has 0 saturated carbocycles. The molecule has 1 aliphatic carbocycles. The molecule has 0 bridgehead atoms. The fourth-order valence-corrected chi connectivity index (χ4v) is 2.87. The Bertz CT molecular complexity index is 773. The van der Waals surface area contributed by atoms with Gasteiger partial charge in [0.15, 0.2) is 17.3 Å². The van der Waals surface area contributed by atoms with Gasteiger partial charge < -0.3 is 10.4 Å². The van der Waals surface area contributed by atoms with Gasteiger partial charge in [0, 0.05) is 30.5 Å². The third kappa shape index (κ3) is 3.03. The van der Waals surface area contributed by atoms with Crippen LogP contribution in [-0.4, -0.2) is 33.9 Å². The van der Waals surface area contributed by atoms with E-state index in [1.165, 1.54) is 10.7 Å². The van der Waals surface area contributed by atoms with Gasteiger partial charge in [-0.15, -0.1) is 0 Å². The van der Waals surface area contributed by atoms with Crippen molar-refractivity contribution in [1.29, 1.82) is 0 Å². The average molecular weight is 335 g/mol. The van der Waals surface area contributed by atoms with Gasteiger partial charge in [0.05, 0.1) is 5.69 Å². The second-order valence-corrected chi connectivity index (χ2v) is 6.14. The first-order valence-electron chi connectivity index (χ1n) is 7.96. The van der Waals surface area contributed by atoms with Crippen LogP contribution in [0.25, 0.3) is 5.69 Å². The minimum Gasteiger partial charge on any atom is -0.396 e. The standard InChI is InChI=1S/C17H19F2N3O2/c1-10(9-23)8-20-17(24)16-12-3-2-4-15(12)22(21-16)11-5-6-13(18)14(19)7-11/h5-7,10,23H,2-4,8-9H2,1H3,(H,20,24). The zero-order valence-corrected chi connectivity index (χ0v) is 13.4. The Morgan fingerprint density at radius 1 is 1.38 bits per heavy atom. The molecular formula is C17H19F2N3O2. The van der Waals surface area contributed by atoms with E-state index in [0.717, 1.165) is 42.7 Å². The van der Waals surface area contributed by atoms with Gasteiger partial charge in [0.2, 0.25) is 0 Å². The monoisotopic (exact) mass is 335 g/mol. The highest BCUT2D eigenvalue weighted by molar-refractivity contribution is 5.94. The number of nitrogens with zero attached hydrogens (tertiary/aromatic N) is 2. The molecule has 24 heavy (non-hydrogen) atoms. The van der Waals surface area contributed by atoms with Crippen molar-refractivity contribution in [3.05, 3.63) is 46.8 Å². The number of aliphatic hydroxyl groups excluding tert-OH is 1. The molecule has 1 aliphatic rings. The Hall–Kier alpha value is -2.28. The summed E-state index contributed by atoms with van der Waals surface area (Å²) in [7, 11) is 0. The summed E-state index contributed by atoms with van der Waals surface area (Å²) in [6, 6.07) is 3.58. The third-order valence-electron chi connectivity index (χ3n) is 4.22. The maximum absolute atomic E-state index is 13.5. The van der Waals surface area contributed by atoms with Gasteiger partial charge in [-0.05, 0) is 37.3 Å². The van der Waals surface area contributed by atoms with Crippen molar-refractivity contribution in [3.8, 4) is 5.69 Å². The molecule has 0 fully saturated rings. The maximum atomic E-state index is 13.5. The van der Waals surface area contributed by atoms with Crippen LogP contribution in [0.1, 0.15) is 35.1 Å². The summed E-state index contributed by atoms with van der Waals surface area (Å²) < 4.78 is 28.2. The van der Waals surface area contributed by atoms with Gasteiger partial charge in [-0.3, -0.25) is 4.79 Å². The van der Waals surface area contributed by atoms with Crippen LogP contribution in [0.2, 0.25) is 0 Å². The Labute approximate surface area is 138 Å². The quantitative estimate of drug-likeness (QED) is 0.878. The number of amides is 1. The van der Waals surface area contributed by atoms with Crippen LogP contribution < -0.4 is 5.32 Å². The minimum atomic E-state index is -0.947. The molecule has 0 radical (unpaired) electrons. The third-order valence-corrected chi connectivity index (χ3v) is 4.22. The van der Waals surface area contributed by atoms with Crippen molar-refractivity contribution in [2.75, 3.05) is 13.2 Å². The fraction of sp³-hybridized carbons (Fsp3) is 0.412. The van der Waals surface area contributed by atoms with Crippen molar-refractivity contribution in [1.82, 2.24) is 15.1 Å². The van der Waals surface area contributed by atoms with Crippen molar-refractivity contribution in [2.45, 2.75) is 26.2 Å². The molecule has 1 atom stereocenters. The van der Waals surface area contributed by atoms with Crippen LogP contribution in [-0.2, 0) is 12.8 Å². The second kappa shape index (κ2) is 6.68. The van der Waals surface area contributed by atoms with E-state index in [4.69, 9.17) is 5.11 Å². The number of hydrogen-bond donors (Lipinski definition) is 2. The number of benzene rings is 1. The zero-order chi connectivity index (χ0) is 17.3. The molecule has 0 saturated heterocycles. The fourth-order valence-electron chi connectivity index (χ4n) is 2.87. The van der Waals surface area contributed by atoms with Gasteiger partial charge >= 0.3 is 0 Å². The van der Waals surface area contributed by atoms with Gasteiger partial charge in [0.25, 0.3) is 5.91 Å². The molecule has 1 heterocycles. The number of aromatic nitrogens is 2. The lowest BCUT2D eigenvalue weighted by atomic mass is 10.1. The maximum Gasteiger partial charge on any atom is 0.272 e. The SMILES string of the molecule is CC(CO)CNC(=O)c1nn(-c2ccc(F)c(F)c2)c2c1CCC2. The number of rotatable bonds is 5. The summed E-state index contributed by atoms with van der Waals surface area (Å²) in [6.45, 7) is 2.16. The molecular weight excluding hydrogens is 316 g/mol. The molecule has 1 aromatic carbocycles. The first-order chi connectivity index (χ1) is 11.5. The summed E-state index contributed by atoms with van der Waals surface area (Å²) in [4.78, 5) is 12.4. The topological polar surface area (TPSA) is 67.2 Å². The molecule has 1 aromatic heterocycles. The first-order valence-corrected chi connectivity index (χ1v) is 7.96. The second-order valence-electron chi connectivity index (χ2n) is 6.14. The molecule has 3 rings (SSSR count). The van der Waals surface area contributed by atoms with E-state index >= 15 is 0 Å². The summed E-state index contributed by atoms with van der Waals surface area (Å²) in [6.07, 6.45) is 2.36. The Morgan fingerprint density at radius 3 is 2.88 bits per heavy atom. The van der Waals surface area contributed by atoms with E-state index in [1.54, 1.807) is 0 Å². The van der Waals surface area contributed by atoms with E-state index in [9.17, 15) is 13.6 Å². The van der Waals surface area contributed by atoms with Crippen LogP contribution >= 0.6 is 0 Å². The van der Waals surface area contributed by atoms with E-state index in [1.807, 2.05) is 6.92 Å². The molecule has 128 valence electrons. The lowest BCUT2D eigenvalue weighted by Crippen LogP contribution is -2.30. The van der Waals surface area contributed by atoms with Crippen LogP contribution in [0.3, 0.4) is 0 Å². The zero-order valence-electron chi connectivity index (χ0n) is 13.4. The van der Waals surface area contributed by atoms with Gasteiger partial charge in [-0.25, -0.2) is 13.5 Å². The number of fused-ring (bicyclic) bond motifs is 1. The normalized spacial score (nSPS) is 14.5. The van der Waals surface area contributed by atoms with Crippen molar-refractivity contribution in [3.63, 3.8) is 0 Å². The smallest absolute Gasteiger partial charge is 0.272 e. The lowest BCUT2D eigenvalue weighted by molar-refractivity contribution is 0.0936. The Kier molecular flexibility index (Phi) is 4.62. The lowest BCUT2D eigenvalue weighted by Gasteiger charge is -2.09. The van der Waals surface area contributed by atoms with E-state index in [2.05, 4.69) is 10.4 Å². The number of carbonyl (C=O) groups excluding carboxylic acids is 1. The van der Waals surface area contributed by atoms with E-state index < -0.39 is 11.6 Å². The Morgan fingerprint density at radius 2 is 2.17 bits per heavy atom. The number of hydrogen-bond acceptors (Lipinski definition) is 3. The summed E-state index contributed by atoms with van der Waals surface area (Å²) in [5.74, 6) is -2.22. The molecule has 0 spiro atoms. The Balaban J connectivity index is 1.92.